The molecule has 2 aromatic rings. The number of rotatable bonds is 4. The molecule has 5 N–H and O–H groups in total. The van der Waals surface area contributed by atoms with E-state index in [-0.39, 0.29) is 12.1 Å². The number of fused-ring (bicyclic) bond motifs is 1. The number of aromatic nitrogens is 1. The molecule has 0 amide bonds. The van der Waals surface area contributed by atoms with Crippen LogP contribution in [-0.4, -0.2) is 23.7 Å². The lowest BCUT2D eigenvalue weighted by molar-refractivity contribution is 0.0620. The number of benzene rings is 1. The maximum Gasteiger partial charge on any atom is 0.161 e. The van der Waals surface area contributed by atoms with Gasteiger partial charge in [-0.05, 0) is 30.2 Å². The van der Waals surface area contributed by atoms with Crippen molar-refractivity contribution in [3.8, 4) is 11.5 Å². The van der Waals surface area contributed by atoms with Crippen molar-refractivity contribution >= 4 is 5.69 Å². The van der Waals surface area contributed by atoms with Gasteiger partial charge in [0.25, 0.3) is 0 Å². The number of pyridine rings is 1. The van der Waals surface area contributed by atoms with Gasteiger partial charge >= 0.3 is 0 Å². The molecule has 0 saturated heterocycles. The molecule has 2 heterocycles. The van der Waals surface area contributed by atoms with Gasteiger partial charge in [0.2, 0.25) is 0 Å². The molecule has 0 radical (unpaired) electrons. The molecule has 1 aromatic heterocycles. The summed E-state index contributed by atoms with van der Waals surface area (Å²) < 4.78 is 11.7. The smallest absolute Gasteiger partial charge is 0.161 e. The molecule has 0 aliphatic carbocycles. The zero-order valence-electron chi connectivity index (χ0n) is 11.5. The molecule has 3 rings (SSSR count). The van der Waals surface area contributed by atoms with Crippen molar-refractivity contribution in [1.82, 2.24) is 10.4 Å². The van der Waals surface area contributed by atoms with E-state index in [0.717, 1.165) is 17.1 Å². The van der Waals surface area contributed by atoms with E-state index in [1.165, 1.54) is 0 Å². The lowest BCUT2D eigenvalue weighted by atomic mass is 10.0. The van der Waals surface area contributed by atoms with Gasteiger partial charge in [-0.15, -0.1) is 0 Å². The predicted octanol–water partition coefficient (Wildman–Crippen LogP) is 0.878. The van der Waals surface area contributed by atoms with E-state index in [4.69, 9.17) is 21.1 Å². The fraction of sp³-hybridized carbons (Fsp3) is 0.267. The maximum atomic E-state index is 5.97. The van der Waals surface area contributed by atoms with E-state index < -0.39 is 0 Å². The molecule has 0 saturated carbocycles. The minimum atomic E-state index is -0.190. The minimum Gasteiger partial charge on any atom is -0.486 e. The van der Waals surface area contributed by atoms with Crippen molar-refractivity contribution in [2.45, 2.75) is 18.6 Å². The molecule has 1 aliphatic heterocycles. The van der Waals surface area contributed by atoms with Crippen molar-refractivity contribution in [3.05, 3.63) is 48.3 Å². The Balaban J connectivity index is 1.74. The molecule has 6 heteroatoms. The summed E-state index contributed by atoms with van der Waals surface area (Å²) in [6.45, 7) is 0.437. The highest BCUT2D eigenvalue weighted by atomic mass is 16.6. The van der Waals surface area contributed by atoms with E-state index >= 15 is 0 Å². The first-order valence-electron chi connectivity index (χ1n) is 6.81. The molecule has 1 aromatic carbocycles. The summed E-state index contributed by atoms with van der Waals surface area (Å²) in [4.78, 5) is 4.09. The van der Waals surface area contributed by atoms with Gasteiger partial charge in [-0.2, -0.15) is 0 Å². The van der Waals surface area contributed by atoms with Crippen LogP contribution in [0.2, 0.25) is 0 Å². The molecular weight excluding hydrogens is 268 g/mol. The van der Waals surface area contributed by atoms with Crippen LogP contribution in [0.25, 0.3) is 0 Å². The van der Waals surface area contributed by atoms with Gasteiger partial charge in [0.05, 0.1) is 6.04 Å². The number of hydrazine groups is 1. The Hall–Kier alpha value is -2.31. The van der Waals surface area contributed by atoms with Crippen LogP contribution in [0.1, 0.15) is 5.56 Å². The Kier molecular flexibility index (Phi) is 3.89. The number of hydrogen-bond donors (Lipinski definition) is 3. The van der Waals surface area contributed by atoms with Gasteiger partial charge in [0.15, 0.2) is 11.5 Å². The van der Waals surface area contributed by atoms with Crippen LogP contribution in [0.3, 0.4) is 0 Å². The normalized spacial score (nSPS) is 18.2. The van der Waals surface area contributed by atoms with E-state index in [9.17, 15) is 0 Å². The number of ether oxygens (including phenoxy) is 2. The van der Waals surface area contributed by atoms with Crippen LogP contribution in [0.15, 0.2) is 42.7 Å². The Morgan fingerprint density at radius 3 is 2.86 bits per heavy atom. The summed E-state index contributed by atoms with van der Waals surface area (Å²) in [5, 5.41) is 0. The van der Waals surface area contributed by atoms with Crippen LogP contribution >= 0.6 is 0 Å². The molecule has 2 atom stereocenters. The molecule has 0 fully saturated rings. The SMILES string of the molecule is NNC(Cc1cnccc1N)C1COc2ccccc2O1. The lowest BCUT2D eigenvalue weighted by Gasteiger charge is -2.32. The second-order valence-electron chi connectivity index (χ2n) is 4.97. The third kappa shape index (κ3) is 2.91. The van der Waals surface area contributed by atoms with Crippen molar-refractivity contribution < 1.29 is 9.47 Å². The topological polar surface area (TPSA) is 95.4 Å². The first kappa shape index (κ1) is 13.7. The highest BCUT2D eigenvalue weighted by Gasteiger charge is 2.28. The van der Waals surface area contributed by atoms with Crippen LogP contribution in [0.4, 0.5) is 5.69 Å². The van der Waals surface area contributed by atoms with Gasteiger partial charge in [0, 0.05) is 18.1 Å². The van der Waals surface area contributed by atoms with E-state index in [1.807, 2.05) is 24.3 Å². The molecular formula is C15H18N4O2. The Labute approximate surface area is 123 Å². The first-order chi connectivity index (χ1) is 10.3. The van der Waals surface area contributed by atoms with Gasteiger partial charge in [0.1, 0.15) is 12.7 Å². The van der Waals surface area contributed by atoms with Crippen molar-refractivity contribution in [1.29, 1.82) is 0 Å². The van der Waals surface area contributed by atoms with E-state index in [0.29, 0.717) is 18.7 Å². The Morgan fingerprint density at radius 1 is 1.29 bits per heavy atom. The fourth-order valence-electron chi connectivity index (χ4n) is 2.38. The number of nitrogens with one attached hydrogen (secondary N) is 1. The Bertz CT molecular complexity index is 620. The average Bonchev–Trinajstić information content (AvgIpc) is 2.54. The highest BCUT2D eigenvalue weighted by Crippen LogP contribution is 2.32. The molecule has 6 nitrogen and oxygen atoms in total. The molecule has 0 spiro atoms. The number of hydrogen-bond acceptors (Lipinski definition) is 6. The molecule has 2 unspecified atom stereocenters. The monoisotopic (exact) mass is 286 g/mol. The average molecular weight is 286 g/mol. The van der Waals surface area contributed by atoms with Gasteiger partial charge in [-0.1, -0.05) is 12.1 Å². The summed E-state index contributed by atoms with van der Waals surface area (Å²) in [5.41, 5.74) is 10.4. The summed E-state index contributed by atoms with van der Waals surface area (Å²) in [5.74, 6) is 7.16. The standard InChI is InChI=1S/C15H18N4O2/c16-11-5-6-18-8-10(11)7-12(19-17)15-9-20-13-3-1-2-4-14(13)21-15/h1-6,8,12,15,19H,7,9,17H2,(H2,16,18). The number of anilines is 1. The summed E-state index contributed by atoms with van der Waals surface area (Å²) in [6, 6.07) is 9.25. The second kappa shape index (κ2) is 5.99. The molecule has 110 valence electrons. The van der Waals surface area contributed by atoms with Crippen LogP contribution in [-0.2, 0) is 6.42 Å². The zero-order chi connectivity index (χ0) is 14.7. The van der Waals surface area contributed by atoms with E-state index in [1.54, 1.807) is 18.5 Å². The summed E-state index contributed by atoms with van der Waals surface area (Å²) in [6.07, 6.45) is 3.84. The third-order valence-corrected chi connectivity index (χ3v) is 3.57. The van der Waals surface area contributed by atoms with Crippen LogP contribution in [0, 0.1) is 0 Å². The lowest BCUT2D eigenvalue weighted by Crippen LogP contribution is -2.51. The quantitative estimate of drug-likeness (QED) is 0.570. The zero-order valence-corrected chi connectivity index (χ0v) is 11.5. The fourth-order valence-corrected chi connectivity index (χ4v) is 2.38. The number of para-hydroxylation sites is 2. The van der Waals surface area contributed by atoms with Crippen molar-refractivity contribution in [3.63, 3.8) is 0 Å². The minimum absolute atomic E-state index is 0.121. The molecule has 1 aliphatic rings. The summed E-state index contributed by atoms with van der Waals surface area (Å²) in [7, 11) is 0. The number of nitrogens with two attached hydrogens (primary N) is 2. The summed E-state index contributed by atoms with van der Waals surface area (Å²) >= 11 is 0. The molecule has 21 heavy (non-hydrogen) atoms. The first-order valence-corrected chi connectivity index (χ1v) is 6.81. The van der Waals surface area contributed by atoms with Gasteiger partial charge in [-0.3, -0.25) is 16.3 Å². The molecule has 0 bridgehead atoms. The van der Waals surface area contributed by atoms with Crippen LogP contribution in [0.5, 0.6) is 11.5 Å². The van der Waals surface area contributed by atoms with Gasteiger partial charge < -0.3 is 15.2 Å². The number of nitrogens with zero attached hydrogens (tertiary/aromatic N) is 1. The predicted molar refractivity (Wildman–Crippen MR) is 79.8 cm³/mol. The maximum absolute atomic E-state index is 5.97. The Morgan fingerprint density at radius 2 is 2.10 bits per heavy atom. The highest BCUT2D eigenvalue weighted by molar-refractivity contribution is 5.45. The van der Waals surface area contributed by atoms with Crippen LogP contribution < -0.4 is 26.5 Å². The van der Waals surface area contributed by atoms with Crippen molar-refractivity contribution in [2.75, 3.05) is 12.3 Å². The third-order valence-electron chi connectivity index (χ3n) is 3.57. The van der Waals surface area contributed by atoms with Crippen molar-refractivity contribution in [2.24, 2.45) is 5.84 Å². The number of nitrogen functional groups attached to an aromatic ring is 1. The largest absolute Gasteiger partial charge is 0.486 e. The van der Waals surface area contributed by atoms with Gasteiger partial charge in [-0.25, -0.2) is 0 Å². The second-order valence-corrected chi connectivity index (χ2v) is 4.97. The van der Waals surface area contributed by atoms with E-state index in [2.05, 4.69) is 10.4 Å².